The first-order valence-electron chi connectivity index (χ1n) is 27.5. The first-order chi connectivity index (χ1) is 34.7. The minimum atomic E-state index is -2.03. The number of fused-ring (bicyclic) bond motifs is 6. The lowest BCUT2D eigenvalue weighted by Crippen LogP contribution is -2.20. The van der Waals surface area contributed by atoms with Crippen LogP contribution in [0, 0.1) is 0 Å². The summed E-state index contributed by atoms with van der Waals surface area (Å²) < 4.78 is 41.2. The third kappa shape index (κ3) is 9.04. The fourth-order valence-corrected chi connectivity index (χ4v) is 13.5. The van der Waals surface area contributed by atoms with Crippen molar-refractivity contribution < 1.29 is 25.2 Å². The highest BCUT2D eigenvalue weighted by molar-refractivity contribution is 7.27. The third-order valence-electron chi connectivity index (χ3n) is 15.8. The fraction of sp³-hybridized carbons (Fsp3) is 0.471. The van der Waals surface area contributed by atoms with Crippen molar-refractivity contribution >= 4 is 60.4 Å². The van der Waals surface area contributed by atoms with Crippen LogP contribution < -0.4 is 0 Å². The van der Waals surface area contributed by atoms with E-state index in [-0.39, 0.29) is 43.3 Å². The van der Waals surface area contributed by atoms with Crippen LogP contribution in [-0.4, -0.2) is 0 Å². The van der Waals surface area contributed by atoms with E-state index in [0.29, 0.717) is 33.5 Å². The summed E-state index contributed by atoms with van der Waals surface area (Å²) in [6.45, 7) is 56.1. The quantitative estimate of drug-likeness (QED) is 0.175. The summed E-state index contributed by atoms with van der Waals surface area (Å²) in [7, 11) is -3.76. The van der Waals surface area contributed by atoms with Gasteiger partial charge in [-0.3, -0.25) is 0 Å². The molecule has 0 saturated carbocycles. The van der Waals surface area contributed by atoms with E-state index in [1.807, 2.05) is 0 Å². The van der Waals surface area contributed by atoms with Crippen LogP contribution in [0.2, 0.25) is 0 Å². The molecule has 4 heterocycles. The molecule has 4 bridgehead atoms. The summed E-state index contributed by atoms with van der Waals surface area (Å²) in [6.07, 6.45) is 0. The number of rotatable bonds is 4. The Labute approximate surface area is 454 Å². The highest BCUT2D eigenvalue weighted by Crippen LogP contribution is 2.61. The Bertz CT molecular complexity index is 3940. The predicted molar refractivity (Wildman–Crippen MR) is 324 cm³/mol. The van der Waals surface area contributed by atoms with Crippen LogP contribution in [0.1, 0.15) is 211 Å². The van der Waals surface area contributed by atoms with Crippen molar-refractivity contribution in [3.63, 3.8) is 0 Å². The van der Waals surface area contributed by atoms with Gasteiger partial charge in [-0.1, -0.05) is 239 Å². The average molecular weight is 1060 g/mol. The van der Waals surface area contributed by atoms with E-state index in [1.165, 1.54) is 50.1 Å². The minimum Gasteiger partial charge on any atom is -0.389 e. The molecule has 0 radical (unpaired) electrons. The number of benzene rings is 6. The van der Waals surface area contributed by atoms with Gasteiger partial charge >= 0.3 is 16.1 Å². The van der Waals surface area contributed by atoms with Crippen LogP contribution in [0.15, 0.2) is 98.0 Å². The van der Waals surface area contributed by atoms with Crippen molar-refractivity contribution in [3.8, 4) is 44.5 Å². The largest absolute Gasteiger partial charge is 0.453 e. The molecule has 8 heteroatoms. The second kappa shape index (κ2) is 17.1. The van der Waals surface area contributed by atoms with Crippen LogP contribution >= 0.6 is 16.1 Å². The molecule has 76 heavy (non-hydrogen) atoms. The molecule has 6 aromatic carbocycles. The third-order valence-corrected chi connectivity index (χ3v) is 17.8. The van der Waals surface area contributed by atoms with Gasteiger partial charge in [-0.25, -0.2) is 0 Å². The molecule has 0 saturated heterocycles. The predicted octanol–water partition coefficient (Wildman–Crippen LogP) is 23.2. The molecule has 0 spiro atoms. The van der Waals surface area contributed by atoms with Crippen molar-refractivity contribution in [1.29, 1.82) is 0 Å². The van der Waals surface area contributed by atoms with Gasteiger partial charge in [-0.2, -0.15) is 0 Å². The Kier molecular flexibility index (Phi) is 12.2. The van der Waals surface area contributed by atoms with Crippen LogP contribution in [0.5, 0.6) is 0 Å². The molecular weight excluding hydrogens is 975 g/mol. The van der Waals surface area contributed by atoms with Crippen molar-refractivity contribution in [2.75, 3.05) is 0 Å². The molecule has 402 valence electrons. The second-order valence-corrected chi connectivity index (χ2v) is 32.3. The first-order valence-corrected chi connectivity index (χ1v) is 29.7. The van der Waals surface area contributed by atoms with Crippen molar-refractivity contribution in [2.45, 2.75) is 209 Å². The van der Waals surface area contributed by atoms with E-state index < -0.39 is 16.1 Å². The molecule has 2 unspecified atom stereocenters. The van der Waals surface area contributed by atoms with Crippen LogP contribution in [0.4, 0.5) is 0 Å². The Morgan fingerprint density at radius 3 is 0.763 bits per heavy atom. The summed E-state index contributed by atoms with van der Waals surface area (Å²) in [5, 5.41) is 1.68. The van der Waals surface area contributed by atoms with Crippen LogP contribution in [0.3, 0.4) is 0 Å². The van der Waals surface area contributed by atoms with Gasteiger partial charge < -0.3 is 25.2 Å². The van der Waals surface area contributed by atoms with Gasteiger partial charge in [-0.15, -0.1) is 0 Å². The molecule has 0 N–H and O–H groups in total. The van der Waals surface area contributed by atoms with E-state index >= 15 is 0 Å². The van der Waals surface area contributed by atoms with Gasteiger partial charge in [0.2, 0.25) is 16.7 Å². The summed E-state index contributed by atoms with van der Waals surface area (Å²) >= 11 is 0. The number of hydrogen-bond donors (Lipinski definition) is 0. The summed E-state index contributed by atoms with van der Waals surface area (Å²) in [5.74, 6) is 0. The lowest BCUT2D eigenvalue weighted by Gasteiger charge is -2.35. The molecule has 0 aliphatic carbocycles. The van der Waals surface area contributed by atoms with Gasteiger partial charge in [0.25, 0.3) is 0 Å². The highest BCUT2D eigenvalue weighted by Gasteiger charge is 2.39. The van der Waals surface area contributed by atoms with Gasteiger partial charge in [0, 0.05) is 22.1 Å². The van der Waals surface area contributed by atoms with Gasteiger partial charge in [0.1, 0.15) is 0 Å². The van der Waals surface area contributed by atoms with E-state index in [0.717, 1.165) is 49.7 Å². The van der Waals surface area contributed by atoms with Crippen molar-refractivity contribution in [2.24, 2.45) is 0 Å². The summed E-state index contributed by atoms with van der Waals surface area (Å²) in [6, 6.07) is 29.1. The zero-order valence-corrected chi connectivity index (χ0v) is 52.1. The number of hydrogen-bond acceptors (Lipinski definition) is 6. The van der Waals surface area contributed by atoms with E-state index in [2.05, 4.69) is 239 Å². The monoisotopic (exact) mass is 1060 g/mol. The standard InChI is InChI=1S/C68H84O6P2/c1-61(2,3)37-25-29-41(45(33-37)65(13,14)15)49-50(42-30-26-38(62(4,5)6)34-46(42)66(16,17)18)52(44-32-28-40(64(10,11)12)36-48(44)68(22,23)24)55-53(51(49)43-31-27-39(63(7,8)9)35-47(43)67(19,20)21)54-56-58(72-75(69-55)70-56)60-59-57(54)71-76(73-59)74-60/h25-36H,1-24H3. The summed E-state index contributed by atoms with van der Waals surface area (Å²) in [4.78, 5) is 0. The maximum atomic E-state index is 7.71. The van der Waals surface area contributed by atoms with E-state index in [9.17, 15) is 0 Å². The molecule has 2 atom stereocenters. The average Bonchev–Trinajstić information content (AvgIpc) is 4.10. The normalized spacial score (nSPS) is 14.5. The molecule has 6 nitrogen and oxygen atoms in total. The summed E-state index contributed by atoms with van der Waals surface area (Å²) in [5.41, 5.74) is 20.8. The Morgan fingerprint density at radius 1 is 0.237 bits per heavy atom. The van der Waals surface area contributed by atoms with Gasteiger partial charge in [0.05, 0.1) is 5.39 Å². The van der Waals surface area contributed by atoms with Crippen LogP contribution in [0.25, 0.3) is 88.8 Å². The molecular formula is C68H84O6P2. The minimum absolute atomic E-state index is 0.106. The molecule has 4 aromatic heterocycles. The van der Waals surface area contributed by atoms with Gasteiger partial charge in [0.15, 0.2) is 16.7 Å². The maximum Gasteiger partial charge on any atom is 0.453 e. The highest BCUT2D eigenvalue weighted by atomic mass is 31.1. The van der Waals surface area contributed by atoms with Crippen molar-refractivity contribution in [1.82, 2.24) is 0 Å². The molecule has 0 aliphatic rings. The van der Waals surface area contributed by atoms with Gasteiger partial charge in [-0.05, 0) is 116 Å². The smallest absolute Gasteiger partial charge is 0.389 e. The zero-order valence-electron chi connectivity index (χ0n) is 50.3. The lowest BCUT2D eigenvalue weighted by atomic mass is 9.69. The lowest BCUT2D eigenvalue weighted by molar-refractivity contribution is 0.568. The van der Waals surface area contributed by atoms with Crippen LogP contribution in [-0.2, 0) is 43.3 Å². The SMILES string of the molecule is CC(C)(C)c1ccc(-c2c(-c3ccc(C(C)(C)C)cc3C(C)(C)C)c(-c3ccc(C(C)(C)C)cc3C(C)(C)C)c3c(op4oc5c6op7oc6c(o7)c3c5o4)c2-c2ccc(C(C)(C)C)cc2C(C)(C)C)c(C(C)(C)C)c1. The van der Waals surface area contributed by atoms with E-state index in [1.54, 1.807) is 0 Å². The van der Waals surface area contributed by atoms with E-state index in [4.69, 9.17) is 25.2 Å². The Hall–Kier alpha value is -5.28. The van der Waals surface area contributed by atoms with Crippen molar-refractivity contribution in [3.05, 3.63) is 117 Å². The zero-order chi connectivity index (χ0) is 55.7. The fourth-order valence-electron chi connectivity index (χ4n) is 11.4. The molecule has 10 aromatic rings. The maximum absolute atomic E-state index is 7.71. The molecule has 10 rings (SSSR count). The first kappa shape index (κ1) is 54.1. The molecule has 0 amide bonds. The molecule has 0 fully saturated rings. The Balaban J connectivity index is 1.65. The second-order valence-electron chi connectivity index (χ2n) is 30.3. The Morgan fingerprint density at radius 2 is 0.474 bits per heavy atom. The molecule has 0 aliphatic heterocycles. The topological polar surface area (TPSA) is 78.8 Å².